The molecule has 2 unspecified atom stereocenters. The van der Waals surface area contributed by atoms with Gasteiger partial charge in [0.05, 0.1) is 12.1 Å². The Kier molecular flexibility index (Phi) is 6.68. The standard InChI is InChI=1S/C18H30N2O/c1-3-8-14-9-7-12-16(13-14)17(20-19)18(21-2)15-10-5-4-6-11-15/h7,9,12-13,15,17-18,20H,3-6,8,10-11,19H2,1-2H3. The second-order valence-electron chi connectivity index (χ2n) is 6.24. The van der Waals surface area contributed by atoms with E-state index in [-0.39, 0.29) is 12.1 Å². The molecule has 2 rings (SSSR count). The lowest BCUT2D eigenvalue weighted by molar-refractivity contribution is 0.00748. The van der Waals surface area contributed by atoms with E-state index in [1.807, 2.05) is 7.11 Å². The molecular weight excluding hydrogens is 260 g/mol. The zero-order valence-corrected chi connectivity index (χ0v) is 13.5. The summed E-state index contributed by atoms with van der Waals surface area (Å²) >= 11 is 0. The number of rotatable bonds is 7. The van der Waals surface area contributed by atoms with Crippen molar-refractivity contribution in [2.24, 2.45) is 11.8 Å². The van der Waals surface area contributed by atoms with Gasteiger partial charge < -0.3 is 4.74 Å². The zero-order chi connectivity index (χ0) is 15.1. The van der Waals surface area contributed by atoms with Crippen LogP contribution in [0.1, 0.15) is 62.6 Å². The third-order valence-electron chi connectivity index (χ3n) is 4.74. The predicted molar refractivity (Wildman–Crippen MR) is 87.9 cm³/mol. The number of ether oxygens (including phenoxy) is 1. The number of nitrogens with one attached hydrogen (secondary N) is 1. The molecule has 2 atom stereocenters. The van der Waals surface area contributed by atoms with Crippen LogP contribution in [0, 0.1) is 5.92 Å². The van der Waals surface area contributed by atoms with Gasteiger partial charge in [-0.15, -0.1) is 0 Å². The predicted octanol–water partition coefficient (Wildman–Crippen LogP) is 3.74. The Morgan fingerprint density at radius 3 is 2.67 bits per heavy atom. The van der Waals surface area contributed by atoms with Crippen molar-refractivity contribution in [1.29, 1.82) is 0 Å². The van der Waals surface area contributed by atoms with Gasteiger partial charge >= 0.3 is 0 Å². The third-order valence-corrected chi connectivity index (χ3v) is 4.74. The minimum atomic E-state index is 0.0786. The molecule has 1 aromatic rings. The van der Waals surface area contributed by atoms with Gasteiger partial charge in [0.25, 0.3) is 0 Å². The lowest BCUT2D eigenvalue weighted by Gasteiger charge is -2.35. The summed E-state index contributed by atoms with van der Waals surface area (Å²) < 4.78 is 5.85. The van der Waals surface area contributed by atoms with E-state index in [0.717, 1.165) is 6.42 Å². The van der Waals surface area contributed by atoms with Crippen LogP contribution in [-0.2, 0) is 11.2 Å². The van der Waals surface area contributed by atoms with Crippen LogP contribution in [0.4, 0.5) is 0 Å². The fourth-order valence-electron chi connectivity index (χ4n) is 3.67. The largest absolute Gasteiger partial charge is 0.379 e. The van der Waals surface area contributed by atoms with Crippen molar-refractivity contribution in [3.05, 3.63) is 35.4 Å². The van der Waals surface area contributed by atoms with Gasteiger partial charge in [0.2, 0.25) is 0 Å². The molecule has 0 amide bonds. The van der Waals surface area contributed by atoms with Gasteiger partial charge in [-0.2, -0.15) is 0 Å². The van der Waals surface area contributed by atoms with E-state index in [0.29, 0.717) is 5.92 Å². The zero-order valence-electron chi connectivity index (χ0n) is 13.5. The summed E-state index contributed by atoms with van der Waals surface area (Å²) in [7, 11) is 1.82. The molecule has 1 aliphatic rings. The molecule has 3 heteroatoms. The fraction of sp³-hybridized carbons (Fsp3) is 0.667. The van der Waals surface area contributed by atoms with Gasteiger partial charge in [0.15, 0.2) is 0 Å². The Balaban J connectivity index is 2.17. The SMILES string of the molecule is CCCc1cccc(C(NN)C(OC)C2CCCCC2)c1. The lowest BCUT2D eigenvalue weighted by atomic mass is 9.81. The Hall–Kier alpha value is -0.900. The quantitative estimate of drug-likeness (QED) is 0.594. The van der Waals surface area contributed by atoms with Crippen molar-refractivity contribution >= 4 is 0 Å². The van der Waals surface area contributed by atoms with Gasteiger partial charge in [-0.05, 0) is 36.3 Å². The molecule has 21 heavy (non-hydrogen) atoms. The first-order valence-electron chi connectivity index (χ1n) is 8.38. The first kappa shape index (κ1) is 16.5. The maximum atomic E-state index is 5.88. The summed E-state index contributed by atoms with van der Waals surface area (Å²) in [5, 5.41) is 0. The molecule has 0 spiro atoms. The molecule has 118 valence electrons. The Bertz CT molecular complexity index is 415. The second kappa shape index (κ2) is 8.52. The normalized spacial score (nSPS) is 19.4. The third kappa shape index (κ3) is 4.29. The summed E-state index contributed by atoms with van der Waals surface area (Å²) in [4.78, 5) is 0. The highest BCUT2D eigenvalue weighted by Crippen LogP contribution is 2.34. The Morgan fingerprint density at radius 1 is 1.29 bits per heavy atom. The average Bonchev–Trinajstić information content (AvgIpc) is 2.54. The minimum absolute atomic E-state index is 0.0786. The van der Waals surface area contributed by atoms with Crippen molar-refractivity contribution in [2.45, 2.75) is 64.0 Å². The van der Waals surface area contributed by atoms with E-state index in [1.165, 1.54) is 49.7 Å². The molecule has 1 aromatic carbocycles. The van der Waals surface area contributed by atoms with E-state index in [2.05, 4.69) is 36.6 Å². The van der Waals surface area contributed by atoms with Gasteiger partial charge in [0, 0.05) is 7.11 Å². The average molecular weight is 290 g/mol. The number of methoxy groups -OCH3 is 1. The summed E-state index contributed by atoms with van der Waals surface area (Å²) in [5.74, 6) is 6.49. The molecule has 1 saturated carbocycles. The number of hydrogen-bond acceptors (Lipinski definition) is 3. The number of hydrogen-bond donors (Lipinski definition) is 2. The highest BCUT2D eigenvalue weighted by atomic mass is 16.5. The van der Waals surface area contributed by atoms with Crippen molar-refractivity contribution in [1.82, 2.24) is 5.43 Å². The van der Waals surface area contributed by atoms with Gasteiger partial charge in [-0.1, -0.05) is 56.9 Å². The molecule has 0 aromatic heterocycles. The molecule has 0 saturated heterocycles. The van der Waals surface area contributed by atoms with Gasteiger partial charge in [-0.3, -0.25) is 11.3 Å². The molecule has 3 N–H and O–H groups in total. The van der Waals surface area contributed by atoms with Crippen LogP contribution in [0.3, 0.4) is 0 Å². The van der Waals surface area contributed by atoms with Crippen LogP contribution in [-0.4, -0.2) is 13.2 Å². The maximum absolute atomic E-state index is 5.88. The van der Waals surface area contributed by atoms with Gasteiger partial charge in [-0.25, -0.2) is 0 Å². The minimum Gasteiger partial charge on any atom is -0.379 e. The smallest absolute Gasteiger partial charge is 0.0806 e. The molecule has 0 aliphatic heterocycles. The number of benzene rings is 1. The van der Waals surface area contributed by atoms with Crippen molar-refractivity contribution < 1.29 is 4.74 Å². The van der Waals surface area contributed by atoms with Crippen LogP contribution < -0.4 is 11.3 Å². The number of aryl methyl sites for hydroxylation is 1. The molecule has 1 aliphatic carbocycles. The Morgan fingerprint density at radius 2 is 2.05 bits per heavy atom. The van der Waals surface area contributed by atoms with E-state index < -0.39 is 0 Å². The highest BCUT2D eigenvalue weighted by Gasteiger charge is 2.31. The maximum Gasteiger partial charge on any atom is 0.0806 e. The summed E-state index contributed by atoms with van der Waals surface area (Å²) in [5.41, 5.74) is 5.64. The molecule has 0 bridgehead atoms. The first-order valence-corrected chi connectivity index (χ1v) is 8.38. The number of nitrogens with two attached hydrogens (primary N) is 1. The van der Waals surface area contributed by atoms with E-state index in [9.17, 15) is 0 Å². The number of hydrazine groups is 1. The first-order chi connectivity index (χ1) is 10.3. The van der Waals surface area contributed by atoms with Crippen LogP contribution in [0.15, 0.2) is 24.3 Å². The second-order valence-corrected chi connectivity index (χ2v) is 6.24. The van der Waals surface area contributed by atoms with Gasteiger partial charge in [0.1, 0.15) is 0 Å². The molecule has 0 radical (unpaired) electrons. The molecule has 0 heterocycles. The lowest BCUT2D eigenvalue weighted by Crippen LogP contribution is -2.42. The topological polar surface area (TPSA) is 47.3 Å². The monoisotopic (exact) mass is 290 g/mol. The summed E-state index contributed by atoms with van der Waals surface area (Å²) in [6, 6.07) is 8.86. The van der Waals surface area contributed by atoms with E-state index >= 15 is 0 Å². The van der Waals surface area contributed by atoms with Crippen LogP contribution in [0.5, 0.6) is 0 Å². The van der Waals surface area contributed by atoms with E-state index in [1.54, 1.807) is 0 Å². The van der Waals surface area contributed by atoms with Crippen LogP contribution in [0.25, 0.3) is 0 Å². The highest BCUT2D eigenvalue weighted by molar-refractivity contribution is 5.27. The molecule has 3 nitrogen and oxygen atoms in total. The summed E-state index contributed by atoms with van der Waals surface area (Å²) in [6.45, 7) is 2.21. The molecular formula is C18H30N2O. The Labute approximate surface area is 129 Å². The van der Waals surface area contributed by atoms with Crippen molar-refractivity contribution in [2.75, 3.05) is 7.11 Å². The van der Waals surface area contributed by atoms with Crippen LogP contribution >= 0.6 is 0 Å². The fourth-order valence-corrected chi connectivity index (χ4v) is 3.67. The molecule has 1 fully saturated rings. The van der Waals surface area contributed by atoms with E-state index in [4.69, 9.17) is 10.6 Å². The van der Waals surface area contributed by atoms with Crippen LogP contribution in [0.2, 0.25) is 0 Å². The van der Waals surface area contributed by atoms with Crippen molar-refractivity contribution in [3.8, 4) is 0 Å². The van der Waals surface area contributed by atoms with Crippen molar-refractivity contribution in [3.63, 3.8) is 0 Å². The summed E-state index contributed by atoms with van der Waals surface area (Å²) in [6.07, 6.45) is 8.95.